The molecule has 1 aromatic carbocycles. The number of hydrogen-bond donors (Lipinski definition) is 2. The lowest BCUT2D eigenvalue weighted by Crippen LogP contribution is -2.12. The summed E-state index contributed by atoms with van der Waals surface area (Å²) in [5.41, 5.74) is -0.858. The molecule has 0 fully saturated rings. The van der Waals surface area contributed by atoms with E-state index in [0.717, 1.165) is 0 Å². The summed E-state index contributed by atoms with van der Waals surface area (Å²) in [4.78, 5) is 17.1. The van der Waals surface area contributed by atoms with Gasteiger partial charge in [-0.15, -0.1) is 0 Å². The maximum atomic E-state index is 13.0. The van der Waals surface area contributed by atoms with Gasteiger partial charge in [-0.1, -0.05) is 0 Å². The molecule has 94 valence electrons. The number of nitrogens with zero attached hydrogens (tertiary/aromatic N) is 1. The molecule has 1 heterocycles. The Morgan fingerprint density at radius 2 is 1.78 bits per heavy atom. The third-order valence-electron chi connectivity index (χ3n) is 2.38. The van der Waals surface area contributed by atoms with Crippen LogP contribution in [0.2, 0.25) is 0 Å². The van der Waals surface area contributed by atoms with Crippen molar-refractivity contribution >= 4 is 0 Å². The van der Waals surface area contributed by atoms with E-state index in [-0.39, 0.29) is 17.0 Å². The number of aromatic hydroxyl groups is 1. The normalized spacial score (nSPS) is 10.7. The molecule has 0 radical (unpaired) electrons. The molecule has 2 N–H and O–H groups in total. The van der Waals surface area contributed by atoms with Crippen LogP contribution in [0.1, 0.15) is 5.56 Å². The van der Waals surface area contributed by atoms with Crippen LogP contribution in [0.25, 0.3) is 11.4 Å². The van der Waals surface area contributed by atoms with Gasteiger partial charge in [-0.3, -0.25) is 4.79 Å². The number of nitrogens with one attached hydrogen (secondary N) is 1. The Morgan fingerprint density at radius 1 is 1.22 bits per heavy atom. The first-order valence-electron chi connectivity index (χ1n) is 4.85. The fourth-order valence-corrected chi connectivity index (χ4v) is 1.35. The minimum atomic E-state index is -1.61. The Morgan fingerprint density at radius 3 is 2.28 bits per heavy atom. The van der Waals surface area contributed by atoms with Gasteiger partial charge in [0, 0.05) is 5.56 Å². The summed E-state index contributed by atoms with van der Waals surface area (Å²) in [6, 6.07) is 1.34. The monoisotopic (exact) mass is 256 g/mol. The van der Waals surface area contributed by atoms with Gasteiger partial charge in [0.15, 0.2) is 17.5 Å². The molecular formula is C11H7F3N2O2. The van der Waals surface area contributed by atoms with Crippen LogP contribution in [-0.2, 0) is 0 Å². The highest BCUT2D eigenvalue weighted by molar-refractivity contribution is 5.55. The second-order valence-corrected chi connectivity index (χ2v) is 3.62. The Hall–Kier alpha value is -2.31. The molecule has 7 heteroatoms. The molecule has 4 nitrogen and oxygen atoms in total. The minimum Gasteiger partial charge on any atom is -0.493 e. The van der Waals surface area contributed by atoms with Gasteiger partial charge >= 0.3 is 0 Å². The van der Waals surface area contributed by atoms with E-state index in [4.69, 9.17) is 0 Å². The average Bonchev–Trinajstić information content (AvgIpc) is 2.31. The van der Waals surface area contributed by atoms with Gasteiger partial charge in [0.1, 0.15) is 5.82 Å². The van der Waals surface area contributed by atoms with Gasteiger partial charge in [0.2, 0.25) is 5.88 Å². The van der Waals surface area contributed by atoms with Gasteiger partial charge in [-0.25, -0.2) is 13.2 Å². The summed E-state index contributed by atoms with van der Waals surface area (Å²) in [5.74, 6) is -5.24. The lowest BCUT2D eigenvalue weighted by molar-refractivity contribution is 0.444. The van der Waals surface area contributed by atoms with E-state index in [1.54, 1.807) is 0 Å². The fraction of sp³-hybridized carbons (Fsp3) is 0.0909. The molecule has 0 unspecified atom stereocenters. The van der Waals surface area contributed by atoms with Crippen LogP contribution in [0.3, 0.4) is 0 Å². The summed E-state index contributed by atoms with van der Waals surface area (Å²) in [7, 11) is 0. The molecule has 0 aliphatic heterocycles. The third kappa shape index (κ3) is 1.94. The van der Waals surface area contributed by atoms with Crippen molar-refractivity contribution in [3.05, 3.63) is 45.5 Å². The molecule has 0 bridgehead atoms. The zero-order valence-electron chi connectivity index (χ0n) is 9.09. The summed E-state index contributed by atoms with van der Waals surface area (Å²) >= 11 is 0. The van der Waals surface area contributed by atoms with Crippen molar-refractivity contribution in [1.82, 2.24) is 9.97 Å². The molecule has 18 heavy (non-hydrogen) atoms. The van der Waals surface area contributed by atoms with Crippen LogP contribution in [0.5, 0.6) is 5.88 Å². The zero-order chi connectivity index (χ0) is 13.4. The van der Waals surface area contributed by atoms with Gasteiger partial charge in [-0.2, -0.15) is 4.98 Å². The first-order chi connectivity index (χ1) is 8.40. The highest BCUT2D eigenvalue weighted by atomic mass is 19.2. The molecule has 0 spiro atoms. The summed E-state index contributed by atoms with van der Waals surface area (Å²) in [6.07, 6.45) is 0. The molecule has 0 aliphatic carbocycles. The van der Waals surface area contributed by atoms with Crippen molar-refractivity contribution in [2.75, 3.05) is 0 Å². The Labute approximate surface area is 98.7 Å². The summed E-state index contributed by atoms with van der Waals surface area (Å²) in [6.45, 7) is 1.33. The van der Waals surface area contributed by atoms with Crippen molar-refractivity contribution < 1.29 is 18.3 Å². The molecule has 1 aromatic heterocycles. The molecular weight excluding hydrogens is 249 g/mol. The van der Waals surface area contributed by atoms with E-state index in [9.17, 15) is 23.1 Å². The van der Waals surface area contributed by atoms with Gasteiger partial charge in [0.05, 0.1) is 5.56 Å². The number of halogens is 3. The fourth-order valence-electron chi connectivity index (χ4n) is 1.35. The molecule has 2 aromatic rings. The van der Waals surface area contributed by atoms with E-state index in [2.05, 4.69) is 9.97 Å². The molecule has 0 saturated carbocycles. The molecule has 0 aliphatic rings. The van der Waals surface area contributed by atoms with Crippen LogP contribution in [0.4, 0.5) is 13.2 Å². The van der Waals surface area contributed by atoms with E-state index >= 15 is 0 Å². The topological polar surface area (TPSA) is 66.0 Å². The quantitative estimate of drug-likeness (QED) is 0.765. The number of H-pyrrole nitrogens is 1. The second-order valence-electron chi connectivity index (χ2n) is 3.62. The SMILES string of the molecule is Cc1c(O)nc(-c2cc(F)c(F)c(F)c2)[nH]c1=O. The van der Waals surface area contributed by atoms with Crippen molar-refractivity contribution in [1.29, 1.82) is 0 Å². The van der Waals surface area contributed by atoms with E-state index in [0.29, 0.717) is 12.1 Å². The lowest BCUT2D eigenvalue weighted by Gasteiger charge is -2.04. The maximum Gasteiger partial charge on any atom is 0.257 e. The van der Waals surface area contributed by atoms with E-state index in [1.807, 2.05) is 0 Å². The number of benzene rings is 1. The van der Waals surface area contributed by atoms with Gasteiger partial charge in [0.25, 0.3) is 5.56 Å². The number of aromatic amines is 1. The Bertz CT molecular complexity index is 659. The van der Waals surface area contributed by atoms with Crippen LogP contribution in [0, 0.1) is 24.4 Å². The highest BCUT2D eigenvalue weighted by Gasteiger charge is 2.14. The highest BCUT2D eigenvalue weighted by Crippen LogP contribution is 2.21. The second kappa shape index (κ2) is 4.17. The Balaban J connectivity index is 2.66. The van der Waals surface area contributed by atoms with Crippen molar-refractivity contribution in [2.45, 2.75) is 6.92 Å². The van der Waals surface area contributed by atoms with E-state index < -0.39 is 28.9 Å². The van der Waals surface area contributed by atoms with Crippen molar-refractivity contribution in [3.63, 3.8) is 0 Å². The van der Waals surface area contributed by atoms with Crippen LogP contribution >= 0.6 is 0 Å². The zero-order valence-corrected chi connectivity index (χ0v) is 9.09. The van der Waals surface area contributed by atoms with Gasteiger partial charge in [-0.05, 0) is 19.1 Å². The summed E-state index contributed by atoms with van der Waals surface area (Å²) in [5, 5.41) is 9.34. The predicted octanol–water partition coefficient (Wildman–Crippen LogP) is 1.87. The molecule has 0 amide bonds. The van der Waals surface area contributed by atoms with Crippen molar-refractivity contribution in [2.24, 2.45) is 0 Å². The smallest absolute Gasteiger partial charge is 0.257 e. The molecule has 0 atom stereocenters. The molecule has 0 saturated heterocycles. The third-order valence-corrected chi connectivity index (χ3v) is 2.38. The van der Waals surface area contributed by atoms with Gasteiger partial charge < -0.3 is 10.1 Å². The number of rotatable bonds is 1. The predicted molar refractivity (Wildman–Crippen MR) is 56.6 cm³/mol. The largest absolute Gasteiger partial charge is 0.493 e. The van der Waals surface area contributed by atoms with Crippen LogP contribution < -0.4 is 5.56 Å². The minimum absolute atomic E-state index is 0.0261. The lowest BCUT2D eigenvalue weighted by atomic mass is 10.2. The first-order valence-corrected chi connectivity index (χ1v) is 4.85. The van der Waals surface area contributed by atoms with Crippen LogP contribution in [-0.4, -0.2) is 15.1 Å². The summed E-state index contributed by atoms with van der Waals surface area (Å²) < 4.78 is 38.8. The standard InChI is InChI=1S/C11H7F3N2O2/c1-4-10(17)15-9(16-11(4)18)5-2-6(12)8(14)7(13)3-5/h2-3H,1H3,(H2,15,16,17,18). The number of hydrogen-bond acceptors (Lipinski definition) is 3. The first kappa shape index (κ1) is 12.2. The Kier molecular flexibility index (Phi) is 2.82. The van der Waals surface area contributed by atoms with Crippen molar-refractivity contribution in [3.8, 4) is 17.3 Å². The van der Waals surface area contributed by atoms with Crippen LogP contribution in [0.15, 0.2) is 16.9 Å². The average molecular weight is 256 g/mol. The number of aromatic nitrogens is 2. The molecule has 2 rings (SSSR count). The van der Waals surface area contributed by atoms with E-state index in [1.165, 1.54) is 6.92 Å². The maximum absolute atomic E-state index is 13.0.